The van der Waals surface area contributed by atoms with Crippen LogP contribution in [0.1, 0.15) is 20.3 Å². The Labute approximate surface area is 156 Å². The molecule has 3 rings (SSSR count). The summed E-state index contributed by atoms with van der Waals surface area (Å²) in [5.41, 5.74) is 2.07. The molecule has 134 valence electrons. The van der Waals surface area contributed by atoms with Crippen molar-refractivity contribution in [2.24, 2.45) is 5.92 Å². The van der Waals surface area contributed by atoms with Crippen LogP contribution in [-0.2, 0) is 4.79 Å². The average molecular weight is 369 g/mol. The van der Waals surface area contributed by atoms with Gasteiger partial charge in [-0.2, -0.15) is 0 Å². The lowest BCUT2D eigenvalue weighted by Crippen LogP contribution is -2.32. The normalized spacial score (nSPS) is 12.0. The van der Waals surface area contributed by atoms with Crippen LogP contribution in [0, 0.1) is 11.7 Å². The van der Waals surface area contributed by atoms with E-state index >= 15 is 0 Å². The molecule has 0 saturated heterocycles. The van der Waals surface area contributed by atoms with Crippen molar-refractivity contribution in [3.8, 4) is 21.8 Å². The molecule has 0 bridgehead atoms. The van der Waals surface area contributed by atoms with Crippen molar-refractivity contribution >= 4 is 23.1 Å². The Morgan fingerprint density at radius 2 is 2.00 bits per heavy atom. The maximum absolute atomic E-state index is 13.2. The summed E-state index contributed by atoms with van der Waals surface area (Å²) in [6, 6.07) is 10.0. The fourth-order valence-electron chi connectivity index (χ4n) is 2.58. The van der Waals surface area contributed by atoms with Gasteiger partial charge in [0.1, 0.15) is 11.5 Å². The Morgan fingerprint density at radius 3 is 2.62 bits per heavy atom. The van der Waals surface area contributed by atoms with E-state index in [-0.39, 0.29) is 17.6 Å². The Bertz CT molecular complexity index is 894. The molecule has 0 saturated carbocycles. The number of hydrogen-bond donors (Lipinski definition) is 0. The van der Waals surface area contributed by atoms with Crippen LogP contribution in [0.2, 0.25) is 0 Å². The lowest BCUT2D eigenvalue weighted by Gasteiger charge is -2.22. The third-order valence-corrected chi connectivity index (χ3v) is 5.21. The van der Waals surface area contributed by atoms with Gasteiger partial charge in [-0.25, -0.2) is 14.4 Å². The van der Waals surface area contributed by atoms with Crippen LogP contribution in [0.15, 0.2) is 48.0 Å². The fraction of sp³-hybridized carbons (Fsp3) is 0.250. The molecule has 0 aliphatic carbocycles. The molecule has 1 amide bonds. The van der Waals surface area contributed by atoms with Gasteiger partial charge in [0.2, 0.25) is 5.91 Å². The minimum Gasteiger partial charge on any atom is -0.298 e. The lowest BCUT2D eigenvalue weighted by atomic mass is 10.1. The Balaban J connectivity index is 2.08. The van der Waals surface area contributed by atoms with Gasteiger partial charge in [0.05, 0.1) is 16.8 Å². The highest BCUT2D eigenvalue weighted by Gasteiger charge is 2.23. The van der Waals surface area contributed by atoms with E-state index in [1.807, 2.05) is 31.4 Å². The molecule has 2 heterocycles. The highest BCUT2D eigenvalue weighted by atomic mass is 32.1. The number of hydrogen-bond acceptors (Lipinski definition) is 4. The van der Waals surface area contributed by atoms with E-state index in [2.05, 4.69) is 4.98 Å². The number of benzene rings is 1. The molecule has 26 heavy (non-hydrogen) atoms. The van der Waals surface area contributed by atoms with Gasteiger partial charge >= 0.3 is 0 Å². The first-order valence-electron chi connectivity index (χ1n) is 8.45. The van der Waals surface area contributed by atoms with E-state index in [4.69, 9.17) is 4.98 Å². The second-order valence-electron chi connectivity index (χ2n) is 6.12. The molecule has 0 fully saturated rings. The number of aromatic nitrogens is 2. The fourth-order valence-corrected chi connectivity index (χ4v) is 3.29. The minimum atomic E-state index is -0.296. The van der Waals surface area contributed by atoms with Crippen molar-refractivity contribution in [3.63, 3.8) is 0 Å². The van der Waals surface area contributed by atoms with Crippen LogP contribution in [-0.4, -0.2) is 22.9 Å². The number of carbonyl (C=O) groups is 1. The van der Waals surface area contributed by atoms with Crippen LogP contribution in [0.4, 0.5) is 10.2 Å². The van der Waals surface area contributed by atoms with E-state index in [0.29, 0.717) is 17.2 Å². The second-order valence-corrected chi connectivity index (χ2v) is 7.07. The molecule has 0 N–H and O–H groups in total. The minimum absolute atomic E-state index is 0.00846. The van der Waals surface area contributed by atoms with Gasteiger partial charge in [-0.1, -0.05) is 19.9 Å². The molecule has 1 aromatic carbocycles. The zero-order valence-electron chi connectivity index (χ0n) is 14.9. The van der Waals surface area contributed by atoms with Crippen LogP contribution >= 0.6 is 11.3 Å². The summed E-state index contributed by atoms with van der Waals surface area (Å²) in [6.45, 7) is 3.89. The SMILES string of the molecule is CC[C@@H](C)C(=O)N(C)c1ncc(-c2ccc(F)cc2)nc1-c1cccs1. The molecule has 2 aromatic heterocycles. The topological polar surface area (TPSA) is 46.1 Å². The Morgan fingerprint density at radius 1 is 1.27 bits per heavy atom. The zero-order chi connectivity index (χ0) is 18.7. The van der Waals surface area contributed by atoms with Crippen LogP contribution in [0.25, 0.3) is 21.8 Å². The molecule has 0 aliphatic rings. The number of rotatable bonds is 5. The van der Waals surface area contributed by atoms with Crippen LogP contribution < -0.4 is 4.90 Å². The van der Waals surface area contributed by atoms with Crippen molar-refractivity contribution < 1.29 is 9.18 Å². The molecular formula is C20H20FN3OS. The molecule has 0 radical (unpaired) electrons. The number of nitrogens with zero attached hydrogens (tertiary/aromatic N) is 3. The maximum atomic E-state index is 13.2. The summed E-state index contributed by atoms with van der Waals surface area (Å²) >= 11 is 1.54. The largest absolute Gasteiger partial charge is 0.298 e. The highest BCUT2D eigenvalue weighted by molar-refractivity contribution is 7.13. The lowest BCUT2D eigenvalue weighted by molar-refractivity contribution is -0.121. The third kappa shape index (κ3) is 3.65. The van der Waals surface area contributed by atoms with E-state index in [1.54, 1.807) is 30.3 Å². The first-order chi connectivity index (χ1) is 12.5. The molecule has 6 heteroatoms. The summed E-state index contributed by atoms with van der Waals surface area (Å²) < 4.78 is 13.2. The quantitative estimate of drug-likeness (QED) is 0.634. The van der Waals surface area contributed by atoms with Gasteiger partial charge in [0.25, 0.3) is 0 Å². The zero-order valence-corrected chi connectivity index (χ0v) is 15.8. The average Bonchev–Trinajstić information content (AvgIpc) is 3.21. The Kier molecular flexibility index (Phi) is 5.42. The van der Waals surface area contributed by atoms with Crippen LogP contribution in [0.5, 0.6) is 0 Å². The highest BCUT2D eigenvalue weighted by Crippen LogP contribution is 2.33. The maximum Gasteiger partial charge on any atom is 0.230 e. The van der Waals surface area contributed by atoms with E-state index in [0.717, 1.165) is 16.9 Å². The number of thiophene rings is 1. The molecule has 0 unspecified atom stereocenters. The predicted molar refractivity (Wildman–Crippen MR) is 104 cm³/mol. The number of amides is 1. The molecule has 0 spiro atoms. The van der Waals surface area contributed by atoms with Gasteiger partial charge in [-0.05, 0) is 42.1 Å². The van der Waals surface area contributed by atoms with Gasteiger partial charge in [-0.3, -0.25) is 9.69 Å². The summed E-state index contributed by atoms with van der Waals surface area (Å²) in [4.78, 5) is 24.4. The standard InChI is InChI=1S/C20H20FN3OS/c1-4-13(2)20(25)24(3)19-18(17-6-5-11-26-17)23-16(12-22-19)14-7-9-15(21)10-8-14/h5-13H,4H2,1-3H3/t13-/m1/s1. The summed E-state index contributed by atoms with van der Waals surface area (Å²) in [6.07, 6.45) is 2.39. The molecule has 0 aliphatic heterocycles. The monoisotopic (exact) mass is 369 g/mol. The molecule has 4 nitrogen and oxygen atoms in total. The number of anilines is 1. The van der Waals surface area contributed by atoms with Crippen LogP contribution in [0.3, 0.4) is 0 Å². The van der Waals surface area contributed by atoms with E-state index in [1.165, 1.54) is 23.5 Å². The summed E-state index contributed by atoms with van der Waals surface area (Å²) in [7, 11) is 1.73. The summed E-state index contributed by atoms with van der Waals surface area (Å²) in [5, 5.41) is 1.96. The van der Waals surface area contributed by atoms with Crippen molar-refractivity contribution in [1.82, 2.24) is 9.97 Å². The van der Waals surface area contributed by atoms with Crippen molar-refractivity contribution in [2.45, 2.75) is 20.3 Å². The van der Waals surface area contributed by atoms with Crippen molar-refractivity contribution in [3.05, 3.63) is 53.8 Å². The van der Waals surface area contributed by atoms with Gasteiger partial charge < -0.3 is 0 Å². The third-order valence-electron chi connectivity index (χ3n) is 4.33. The predicted octanol–water partition coefficient (Wildman–Crippen LogP) is 5.02. The Hall–Kier alpha value is -2.60. The van der Waals surface area contributed by atoms with Gasteiger partial charge in [0, 0.05) is 18.5 Å². The molecular weight excluding hydrogens is 349 g/mol. The number of halogens is 1. The first kappa shape index (κ1) is 18.2. The smallest absolute Gasteiger partial charge is 0.230 e. The molecule has 3 aromatic rings. The van der Waals surface area contributed by atoms with Crippen molar-refractivity contribution in [1.29, 1.82) is 0 Å². The van der Waals surface area contributed by atoms with Gasteiger partial charge in [-0.15, -0.1) is 11.3 Å². The van der Waals surface area contributed by atoms with Crippen molar-refractivity contribution in [2.75, 3.05) is 11.9 Å². The second kappa shape index (κ2) is 7.74. The summed E-state index contributed by atoms with van der Waals surface area (Å²) in [5.74, 6) is 0.156. The first-order valence-corrected chi connectivity index (χ1v) is 9.33. The van der Waals surface area contributed by atoms with E-state index < -0.39 is 0 Å². The van der Waals surface area contributed by atoms with E-state index in [9.17, 15) is 9.18 Å². The van der Waals surface area contributed by atoms with Gasteiger partial charge in [0.15, 0.2) is 5.82 Å². The molecule has 1 atom stereocenters. The number of carbonyl (C=O) groups excluding carboxylic acids is 1.